The molecule has 0 aliphatic carbocycles. The minimum Gasteiger partial charge on any atom is -0.491 e. The predicted octanol–water partition coefficient (Wildman–Crippen LogP) is 1.49. The first-order valence-electron chi connectivity index (χ1n) is 7.05. The van der Waals surface area contributed by atoms with E-state index in [2.05, 4.69) is 36.2 Å². The van der Waals surface area contributed by atoms with Gasteiger partial charge in [-0.2, -0.15) is 0 Å². The summed E-state index contributed by atoms with van der Waals surface area (Å²) in [5, 5.41) is 12.1. The third-order valence-electron chi connectivity index (χ3n) is 3.11. The summed E-state index contributed by atoms with van der Waals surface area (Å²) in [4.78, 5) is 2.40. The van der Waals surface area contributed by atoms with Crippen LogP contribution in [-0.2, 0) is 6.54 Å². The molecule has 0 bridgehead atoms. The van der Waals surface area contributed by atoms with Crippen LogP contribution in [0.2, 0.25) is 0 Å². The van der Waals surface area contributed by atoms with E-state index in [9.17, 15) is 0 Å². The van der Waals surface area contributed by atoms with Crippen LogP contribution in [0.25, 0.3) is 0 Å². The van der Waals surface area contributed by atoms with Crippen molar-refractivity contribution in [3.05, 3.63) is 29.8 Å². The molecule has 4 nitrogen and oxygen atoms in total. The summed E-state index contributed by atoms with van der Waals surface area (Å²) < 4.78 is 5.32. The van der Waals surface area contributed by atoms with Gasteiger partial charge in [-0.3, -0.25) is 0 Å². The average Bonchev–Trinajstić information content (AvgIpc) is 2.46. The number of benzene rings is 1. The fourth-order valence-electron chi connectivity index (χ4n) is 1.88. The van der Waals surface area contributed by atoms with Gasteiger partial charge >= 0.3 is 0 Å². The van der Waals surface area contributed by atoms with Gasteiger partial charge in [-0.1, -0.05) is 26.0 Å². The van der Waals surface area contributed by atoms with Crippen molar-refractivity contribution in [1.82, 2.24) is 10.2 Å². The third kappa shape index (κ3) is 6.57. The molecule has 0 saturated heterocycles. The van der Waals surface area contributed by atoms with E-state index < -0.39 is 0 Å². The van der Waals surface area contributed by atoms with Crippen molar-refractivity contribution in [3.63, 3.8) is 0 Å². The molecule has 0 spiro atoms. The Morgan fingerprint density at radius 2 is 1.84 bits per heavy atom. The molecule has 4 heteroatoms. The molecule has 0 aromatic heterocycles. The summed E-state index contributed by atoms with van der Waals surface area (Å²) in [7, 11) is 0. The minimum absolute atomic E-state index is 0.0503. The summed E-state index contributed by atoms with van der Waals surface area (Å²) in [6.45, 7) is 9.96. The molecule has 1 aromatic rings. The number of hydrogen-bond acceptors (Lipinski definition) is 4. The molecule has 0 amide bonds. The molecule has 19 heavy (non-hydrogen) atoms. The molecule has 0 unspecified atom stereocenters. The summed E-state index contributed by atoms with van der Waals surface area (Å²) in [6.07, 6.45) is 0. The fourth-order valence-corrected chi connectivity index (χ4v) is 1.88. The van der Waals surface area contributed by atoms with E-state index in [0.29, 0.717) is 6.61 Å². The van der Waals surface area contributed by atoms with Gasteiger partial charge < -0.3 is 20.1 Å². The first kappa shape index (κ1) is 16.0. The lowest BCUT2D eigenvalue weighted by Crippen LogP contribution is -2.31. The Kier molecular flexibility index (Phi) is 8.21. The van der Waals surface area contributed by atoms with Crippen LogP contribution >= 0.6 is 0 Å². The zero-order valence-electron chi connectivity index (χ0n) is 12.1. The molecule has 0 heterocycles. The molecule has 108 valence electrons. The first-order valence-corrected chi connectivity index (χ1v) is 7.05. The Balaban J connectivity index is 2.22. The summed E-state index contributed by atoms with van der Waals surface area (Å²) >= 11 is 0. The van der Waals surface area contributed by atoms with Crippen molar-refractivity contribution >= 4 is 0 Å². The molecule has 0 atom stereocenters. The number of aliphatic hydroxyl groups excluding tert-OH is 1. The molecule has 0 saturated carbocycles. The van der Waals surface area contributed by atoms with E-state index in [1.54, 1.807) is 0 Å². The maximum atomic E-state index is 8.67. The quantitative estimate of drug-likeness (QED) is 0.630. The van der Waals surface area contributed by atoms with Crippen molar-refractivity contribution in [1.29, 1.82) is 0 Å². The molecular formula is C15H26N2O2. The lowest BCUT2D eigenvalue weighted by atomic mass is 10.2. The first-order chi connectivity index (χ1) is 9.30. The zero-order valence-corrected chi connectivity index (χ0v) is 12.1. The third-order valence-corrected chi connectivity index (χ3v) is 3.11. The number of likely N-dealkylation sites (N-methyl/N-ethyl adjacent to an activating group) is 1. The van der Waals surface area contributed by atoms with Crippen LogP contribution in [0.4, 0.5) is 0 Å². The van der Waals surface area contributed by atoms with Gasteiger partial charge in [-0.05, 0) is 30.8 Å². The van der Waals surface area contributed by atoms with Gasteiger partial charge in [0, 0.05) is 19.6 Å². The highest BCUT2D eigenvalue weighted by Crippen LogP contribution is 2.11. The van der Waals surface area contributed by atoms with Gasteiger partial charge in [-0.15, -0.1) is 0 Å². The number of rotatable bonds is 10. The lowest BCUT2D eigenvalue weighted by molar-refractivity contribution is 0.201. The maximum Gasteiger partial charge on any atom is 0.119 e. The van der Waals surface area contributed by atoms with Crippen LogP contribution in [0, 0.1) is 0 Å². The highest BCUT2D eigenvalue weighted by molar-refractivity contribution is 5.27. The van der Waals surface area contributed by atoms with E-state index in [1.165, 1.54) is 5.56 Å². The van der Waals surface area contributed by atoms with Crippen molar-refractivity contribution in [2.24, 2.45) is 0 Å². The normalized spacial score (nSPS) is 10.9. The van der Waals surface area contributed by atoms with Gasteiger partial charge in [0.05, 0.1) is 6.61 Å². The topological polar surface area (TPSA) is 44.7 Å². The van der Waals surface area contributed by atoms with Crippen molar-refractivity contribution in [2.75, 3.05) is 39.4 Å². The van der Waals surface area contributed by atoms with E-state index in [4.69, 9.17) is 9.84 Å². The Labute approximate surface area is 116 Å². The number of ether oxygens (including phenoxy) is 1. The average molecular weight is 266 g/mol. The lowest BCUT2D eigenvalue weighted by Gasteiger charge is -2.18. The van der Waals surface area contributed by atoms with Gasteiger partial charge in [0.15, 0.2) is 0 Å². The highest BCUT2D eigenvalue weighted by Gasteiger charge is 1.98. The molecule has 1 rings (SSSR count). The summed E-state index contributed by atoms with van der Waals surface area (Å²) in [5.41, 5.74) is 1.25. The van der Waals surface area contributed by atoms with Crippen LogP contribution in [0.1, 0.15) is 19.4 Å². The number of hydrogen-bond donors (Lipinski definition) is 2. The second-order valence-electron chi connectivity index (χ2n) is 4.42. The van der Waals surface area contributed by atoms with Crippen LogP contribution in [0.5, 0.6) is 5.75 Å². The second kappa shape index (κ2) is 9.78. The van der Waals surface area contributed by atoms with Crippen molar-refractivity contribution < 1.29 is 9.84 Å². The van der Waals surface area contributed by atoms with Crippen molar-refractivity contribution in [2.45, 2.75) is 20.4 Å². The zero-order chi connectivity index (χ0) is 13.9. The highest BCUT2D eigenvalue weighted by atomic mass is 16.5. The van der Waals surface area contributed by atoms with Gasteiger partial charge in [0.1, 0.15) is 12.4 Å². The number of nitrogens with one attached hydrogen (secondary N) is 1. The van der Waals surface area contributed by atoms with Crippen LogP contribution in [0.3, 0.4) is 0 Å². The standard InChI is InChI=1S/C15H26N2O2/c1-3-17(4-2)10-9-16-13-14-5-7-15(8-6-14)19-12-11-18/h5-8,16,18H,3-4,9-13H2,1-2H3. The van der Waals surface area contributed by atoms with Gasteiger partial charge in [0.2, 0.25) is 0 Å². The molecule has 0 radical (unpaired) electrons. The predicted molar refractivity (Wildman–Crippen MR) is 78.5 cm³/mol. The second-order valence-corrected chi connectivity index (χ2v) is 4.42. The minimum atomic E-state index is 0.0503. The molecule has 1 aromatic carbocycles. The molecule has 2 N–H and O–H groups in total. The van der Waals surface area contributed by atoms with E-state index in [-0.39, 0.29) is 6.61 Å². The molecule has 0 aliphatic heterocycles. The van der Waals surface area contributed by atoms with Gasteiger partial charge in [-0.25, -0.2) is 0 Å². The van der Waals surface area contributed by atoms with E-state index in [1.807, 2.05) is 12.1 Å². The summed E-state index contributed by atoms with van der Waals surface area (Å²) in [6, 6.07) is 7.99. The van der Waals surface area contributed by atoms with E-state index >= 15 is 0 Å². The van der Waals surface area contributed by atoms with Gasteiger partial charge in [0.25, 0.3) is 0 Å². The Bertz CT molecular complexity index is 323. The molecule has 0 fully saturated rings. The summed E-state index contributed by atoms with van der Waals surface area (Å²) in [5.74, 6) is 0.806. The Morgan fingerprint density at radius 1 is 1.16 bits per heavy atom. The van der Waals surface area contributed by atoms with Crippen molar-refractivity contribution in [3.8, 4) is 5.75 Å². The Morgan fingerprint density at radius 3 is 2.42 bits per heavy atom. The number of nitrogens with zero attached hydrogens (tertiary/aromatic N) is 1. The molecule has 0 aliphatic rings. The monoisotopic (exact) mass is 266 g/mol. The molecular weight excluding hydrogens is 240 g/mol. The SMILES string of the molecule is CCN(CC)CCNCc1ccc(OCCO)cc1. The van der Waals surface area contributed by atoms with Crippen LogP contribution < -0.4 is 10.1 Å². The smallest absolute Gasteiger partial charge is 0.119 e. The number of aliphatic hydroxyl groups is 1. The van der Waals surface area contributed by atoms with Crippen LogP contribution in [-0.4, -0.2) is 49.4 Å². The van der Waals surface area contributed by atoms with E-state index in [0.717, 1.165) is 38.5 Å². The largest absolute Gasteiger partial charge is 0.491 e. The fraction of sp³-hybridized carbons (Fsp3) is 0.600. The maximum absolute atomic E-state index is 8.67. The Hall–Kier alpha value is -1.10. The van der Waals surface area contributed by atoms with Crippen LogP contribution in [0.15, 0.2) is 24.3 Å².